The van der Waals surface area contributed by atoms with Crippen molar-refractivity contribution >= 4 is 43.6 Å². The van der Waals surface area contributed by atoms with Crippen molar-refractivity contribution in [2.75, 3.05) is 0 Å². The summed E-state index contributed by atoms with van der Waals surface area (Å²) in [6, 6.07) is 50.2. The summed E-state index contributed by atoms with van der Waals surface area (Å²) in [5, 5.41) is 4.56. The van der Waals surface area contributed by atoms with Gasteiger partial charge in [0, 0.05) is 45.1 Å². The van der Waals surface area contributed by atoms with E-state index in [-0.39, 0.29) is 0 Å². The Kier molecular flexibility index (Phi) is 5.63. The van der Waals surface area contributed by atoms with Crippen LogP contribution in [-0.4, -0.2) is 19.9 Å². The standard InChI is InChI=1S/C53H32N4/c1-3-11-43-37(9-1)41-27-39-31(15-19-33-23-35-17-13-29-7-5-21-54-49(29)51(35)56-47(33)39)25-45(41)53(43)44-12-4-2-10-38(44)42-28-40-32(26-46(42)53)16-20-34-24-36-18-14-30-8-6-22-55-50(30)52(36)57-48(34)40/h1-14,17-18,21-28H,15-16,19-20H2. The molecule has 0 aliphatic heterocycles. The van der Waals surface area contributed by atoms with Crippen molar-refractivity contribution < 1.29 is 0 Å². The normalized spacial score (nSPS) is 14.9. The highest BCUT2D eigenvalue weighted by Crippen LogP contribution is 2.64. The van der Waals surface area contributed by atoms with E-state index in [0.717, 1.165) is 80.7 Å². The zero-order valence-corrected chi connectivity index (χ0v) is 31.0. The van der Waals surface area contributed by atoms with Gasteiger partial charge in [0.25, 0.3) is 0 Å². The molecule has 0 saturated carbocycles. The number of aromatic nitrogens is 4. The average molecular weight is 725 g/mol. The van der Waals surface area contributed by atoms with Gasteiger partial charge in [-0.3, -0.25) is 9.97 Å². The molecule has 0 bridgehead atoms. The van der Waals surface area contributed by atoms with Crippen LogP contribution in [0.5, 0.6) is 0 Å². The van der Waals surface area contributed by atoms with E-state index in [9.17, 15) is 0 Å². The van der Waals surface area contributed by atoms with E-state index in [0.29, 0.717) is 0 Å². The van der Waals surface area contributed by atoms with Crippen LogP contribution in [0.25, 0.3) is 88.4 Å². The van der Waals surface area contributed by atoms with E-state index in [1.165, 1.54) is 77.9 Å². The van der Waals surface area contributed by atoms with Gasteiger partial charge >= 0.3 is 0 Å². The summed E-state index contributed by atoms with van der Waals surface area (Å²) >= 11 is 0. The molecule has 10 aromatic rings. The van der Waals surface area contributed by atoms with Gasteiger partial charge in [0.15, 0.2) is 0 Å². The molecule has 14 rings (SSSR count). The summed E-state index contributed by atoms with van der Waals surface area (Å²) in [4.78, 5) is 20.5. The number of fused-ring (bicyclic) bond motifs is 22. The summed E-state index contributed by atoms with van der Waals surface area (Å²) in [5.41, 5.74) is 24.4. The van der Waals surface area contributed by atoms with Crippen molar-refractivity contribution in [1.29, 1.82) is 0 Å². The van der Waals surface area contributed by atoms with E-state index < -0.39 is 5.41 Å². The number of nitrogens with zero attached hydrogens (tertiary/aromatic N) is 4. The Bertz CT molecular complexity index is 3260. The van der Waals surface area contributed by atoms with E-state index in [2.05, 4.69) is 121 Å². The summed E-state index contributed by atoms with van der Waals surface area (Å²) in [5.74, 6) is 0. The van der Waals surface area contributed by atoms with Crippen LogP contribution < -0.4 is 0 Å². The van der Waals surface area contributed by atoms with Crippen LogP contribution in [0.3, 0.4) is 0 Å². The van der Waals surface area contributed by atoms with Gasteiger partial charge in [-0.2, -0.15) is 0 Å². The van der Waals surface area contributed by atoms with E-state index in [4.69, 9.17) is 19.9 Å². The lowest BCUT2D eigenvalue weighted by atomic mass is 9.69. The van der Waals surface area contributed by atoms with Gasteiger partial charge in [-0.25, -0.2) is 9.97 Å². The van der Waals surface area contributed by atoms with Crippen molar-refractivity contribution in [2.45, 2.75) is 31.1 Å². The Morgan fingerprint density at radius 2 is 0.789 bits per heavy atom. The SMILES string of the molecule is c1ccc2c(c1)-c1cc3c(cc1C21c2ccccc2-c2cc4c(cc21)CCc1cc2ccc5cccnc5c2nc1-4)CCc1cc2ccc4cccnc4c2nc1-3. The van der Waals surface area contributed by atoms with Crippen LogP contribution >= 0.6 is 0 Å². The Morgan fingerprint density at radius 3 is 1.30 bits per heavy atom. The molecule has 0 N–H and O–H groups in total. The number of aryl methyl sites for hydroxylation is 4. The number of hydrogen-bond acceptors (Lipinski definition) is 4. The topological polar surface area (TPSA) is 51.6 Å². The summed E-state index contributed by atoms with van der Waals surface area (Å²) < 4.78 is 0. The molecular weight excluding hydrogens is 693 g/mol. The molecular formula is C53H32N4. The molecule has 4 nitrogen and oxygen atoms in total. The van der Waals surface area contributed by atoms with Crippen LogP contribution in [0.4, 0.5) is 0 Å². The minimum Gasteiger partial charge on any atom is -0.254 e. The van der Waals surface area contributed by atoms with Crippen LogP contribution in [0.1, 0.15) is 44.5 Å². The number of benzene rings is 6. The first-order valence-corrected chi connectivity index (χ1v) is 20.1. The Hall–Kier alpha value is -7.04. The third kappa shape index (κ3) is 3.78. The van der Waals surface area contributed by atoms with Gasteiger partial charge in [-0.15, -0.1) is 0 Å². The molecule has 4 heterocycles. The van der Waals surface area contributed by atoms with Crippen LogP contribution in [0.15, 0.2) is 146 Å². The molecule has 0 saturated heterocycles. The maximum Gasteiger partial charge on any atom is 0.0972 e. The van der Waals surface area contributed by atoms with Crippen molar-refractivity contribution in [3.05, 3.63) is 190 Å². The molecule has 4 aliphatic rings. The highest BCUT2D eigenvalue weighted by Gasteiger charge is 2.52. The van der Waals surface area contributed by atoms with Crippen molar-refractivity contribution in [3.8, 4) is 44.8 Å². The van der Waals surface area contributed by atoms with Gasteiger partial charge < -0.3 is 0 Å². The van der Waals surface area contributed by atoms with Crippen LogP contribution in [-0.2, 0) is 31.1 Å². The molecule has 0 unspecified atom stereocenters. The Labute approximate surface area is 328 Å². The molecule has 0 radical (unpaired) electrons. The predicted molar refractivity (Wildman–Crippen MR) is 230 cm³/mol. The fourth-order valence-corrected chi connectivity index (χ4v) is 11.2. The second-order valence-electron chi connectivity index (χ2n) is 16.4. The molecule has 0 amide bonds. The number of pyridine rings is 4. The fraction of sp³-hybridized carbons (Fsp3) is 0.0943. The van der Waals surface area contributed by atoms with E-state index in [1.54, 1.807) is 0 Å². The summed E-state index contributed by atoms with van der Waals surface area (Å²) in [6.45, 7) is 0. The first-order valence-electron chi connectivity index (χ1n) is 20.1. The zero-order chi connectivity index (χ0) is 37.0. The molecule has 4 aromatic heterocycles. The minimum atomic E-state index is -0.420. The first kappa shape index (κ1) is 30.2. The van der Waals surface area contributed by atoms with E-state index >= 15 is 0 Å². The molecule has 0 atom stereocenters. The number of rotatable bonds is 0. The second-order valence-corrected chi connectivity index (χ2v) is 16.4. The van der Waals surface area contributed by atoms with Gasteiger partial charge in [0.2, 0.25) is 0 Å². The highest BCUT2D eigenvalue weighted by molar-refractivity contribution is 6.06. The van der Waals surface area contributed by atoms with Crippen LogP contribution in [0.2, 0.25) is 0 Å². The van der Waals surface area contributed by atoms with Gasteiger partial charge in [0.05, 0.1) is 38.9 Å². The highest BCUT2D eigenvalue weighted by atomic mass is 14.8. The van der Waals surface area contributed by atoms with Gasteiger partial charge in [-0.05, 0) is 129 Å². The zero-order valence-electron chi connectivity index (χ0n) is 31.0. The van der Waals surface area contributed by atoms with Crippen molar-refractivity contribution in [3.63, 3.8) is 0 Å². The summed E-state index contributed by atoms with van der Waals surface area (Å²) in [6.07, 6.45) is 7.67. The third-order valence-electron chi connectivity index (χ3n) is 13.6. The lowest BCUT2D eigenvalue weighted by Gasteiger charge is -2.32. The van der Waals surface area contributed by atoms with Crippen molar-refractivity contribution in [2.24, 2.45) is 0 Å². The minimum absolute atomic E-state index is 0.420. The molecule has 57 heavy (non-hydrogen) atoms. The largest absolute Gasteiger partial charge is 0.254 e. The van der Waals surface area contributed by atoms with Gasteiger partial charge in [0.1, 0.15) is 0 Å². The average Bonchev–Trinajstić information content (AvgIpc) is 3.72. The maximum atomic E-state index is 5.46. The number of hydrogen-bond donors (Lipinski definition) is 0. The van der Waals surface area contributed by atoms with Crippen molar-refractivity contribution in [1.82, 2.24) is 19.9 Å². The third-order valence-corrected chi connectivity index (χ3v) is 13.6. The molecule has 4 heteroatoms. The smallest absolute Gasteiger partial charge is 0.0972 e. The molecule has 264 valence electrons. The second kappa shape index (κ2) is 10.6. The monoisotopic (exact) mass is 724 g/mol. The lowest BCUT2D eigenvalue weighted by Crippen LogP contribution is -2.26. The van der Waals surface area contributed by atoms with E-state index in [1.807, 2.05) is 24.5 Å². The Balaban J connectivity index is 1.02. The predicted octanol–water partition coefficient (Wildman–Crippen LogP) is 11.8. The Morgan fingerprint density at radius 1 is 0.333 bits per heavy atom. The molecule has 0 fully saturated rings. The fourth-order valence-electron chi connectivity index (χ4n) is 11.2. The molecule has 6 aromatic carbocycles. The first-order chi connectivity index (χ1) is 28.2. The maximum absolute atomic E-state index is 5.46. The summed E-state index contributed by atoms with van der Waals surface area (Å²) in [7, 11) is 0. The molecule has 1 spiro atoms. The molecule has 4 aliphatic carbocycles. The quantitative estimate of drug-likeness (QED) is 0.146. The van der Waals surface area contributed by atoms with Crippen LogP contribution in [0, 0.1) is 0 Å². The van der Waals surface area contributed by atoms with Gasteiger partial charge in [-0.1, -0.05) is 97.1 Å². The lowest BCUT2D eigenvalue weighted by molar-refractivity contribution is 0.785.